The Hall–Kier alpha value is -7.29. The molecule has 0 radical (unpaired) electrons. The average Bonchev–Trinajstić information content (AvgIpc) is 1.54. The van der Waals surface area contributed by atoms with E-state index in [0.717, 1.165) is 126 Å². The van der Waals surface area contributed by atoms with Crippen molar-refractivity contribution >= 4 is 109 Å². The van der Waals surface area contributed by atoms with Gasteiger partial charge in [-0.1, -0.05) is 211 Å². The van der Waals surface area contributed by atoms with Crippen LogP contribution in [0, 0.1) is 41.5 Å². The molecule has 9 aromatic rings. The number of anilines is 3. The number of unbranched alkanes of at least 4 members (excludes halogenated alkanes) is 16. The number of carbonyl (C=O) groups excluding carboxylic acids is 2. The molecule has 0 N–H and O–H groups in total. The van der Waals surface area contributed by atoms with Crippen molar-refractivity contribution in [2.24, 2.45) is 0 Å². The molecule has 2 amide bonds. The number of rotatable bonds is 37. The maximum atomic E-state index is 15.9. The standard InChI is InChI=1S/C85H101BN4O4S4/c1-11-15-19-23-25-27-48-88-80(73-45-43-71(96-73)64-31-33-65(34-32-64)90(66-35-39-68(40-36-66)93-50-29-21-17-13-3)67-37-41-69(42-38-67)94-51-30-22-18-14-4)76-77(85(88)92)81(89(84(76)91)49-28-26-24-20-16-12-2)74-46-44-72(97-74)75-57-70(82(98-75)83-87-47-52-95-83)86(78-60(7)53-58(5)54-61(78)8)79-62(9)55-59(6)56-63(79)10/h31-47,52-57H,11-30,48-51H2,1-10H3. The summed E-state index contributed by atoms with van der Waals surface area (Å²) in [7, 11) is 0. The van der Waals surface area contributed by atoms with Gasteiger partial charge in [0.2, 0.25) is 6.71 Å². The van der Waals surface area contributed by atoms with E-state index in [1.165, 1.54) is 132 Å². The van der Waals surface area contributed by atoms with Crippen molar-refractivity contribution in [2.75, 3.05) is 31.2 Å². The summed E-state index contributed by atoms with van der Waals surface area (Å²) in [5.74, 6) is 1.62. The molecule has 0 aliphatic carbocycles. The summed E-state index contributed by atoms with van der Waals surface area (Å²) in [5, 5.41) is 3.10. The molecule has 0 bridgehead atoms. The summed E-state index contributed by atoms with van der Waals surface area (Å²) in [4.78, 5) is 49.4. The quantitative estimate of drug-likeness (QED) is 0.0285. The first-order chi connectivity index (χ1) is 47.8. The number of benzene rings is 5. The molecule has 0 fully saturated rings. The maximum Gasteiger partial charge on any atom is 0.261 e. The van der Waals surface area contributed by atoms with Gasteiger partial charge in [0, 0.05) is 56.4 Å². The fourth-order valence-corrected chi connectivity index (χ4v) is 18.9. The molecular weight excluding hydrogens is 1280 g/mol. The minimum atomic E-state index is -0.0650. The van der Waals surface area contributed by atoms with E-state index in [4.69, 9.17) is 14.5 Å². The molecule has 98 heavy (non-hydrogen) atoms. The van der Waals surface area contributed by atoms with Gasteiger partial charge in [-0.2, -0.15) is 0 Å². The van der Waals surface area contributed by atoms with Crippen molar-refractivity contribution in [1.29, 1.82) is 0 Å². The van der Waals surface area contributed by atoms with Gasteiger partial charge in [0.15, 0.2) is 0 Å². The molecule has 11 rings (SSSR count). The minimum Gasteiger partial charge on any atom is -0.494 e. The number of aromatic nitrogens is 1. The Morgan fingerprint density at radius 2 is 0.827 bits per heavy atom. The maximum absolute atomic E-state index is 15.9. The lowest BCUT2D eigenvalue weighted by Gasteiger charge is -2.26. The highest BCUT2D eigenvalue weighted by Crippen LogP contribution is 2.51. The average molecular weight is 1380 g/mol. The van der Waals surface area contributed by atoms with Crippen molar-refractivity contribution in [1.82, 2.24) is 14.8 Å². The van der Waals surface area contributed by atoms with Gasteiger partial charge >= 0.3 is 0 Å². The second-order valence-electron chi connectivity index (χ2n) is 27.2. The van der Waals surface area contributed by atoms with Crippen molar-refractivity contribution < 1.29 is 19.1 Å². The SMILES string of the molecule is CCCCCCCCN1C(=O)C2=C(c3ccc(-c4cc(B(c5c(C)cc(C)cc5C)c5c(C)cc(C)cc5C)c(-c5nccs5)s4)s3)N(CCCCCCCC)C(=O)C2=C1c1ccc(-c2ccc(N(c3ccc(OCCCCCC)cc3)c3ccc(OCCCCCC)cc3)cc2)s1. The van der Waals surface area contributed by atoms with E-state index in [0.29, 0.717) is 37.4 Å². The fraction of sp³-hybridized carbons (Fsp3) is 0.400. The molecule has 13 heteroatoms. The Bertz CT molecular complexity index is 4030. The predicted octanol–water partition coefficient (Wildman–Crippen LogP) is 22.6. The van der Waals surface area contributed by atoms with Gasteiger partial charge in [0.05, 0.1) is 50.4 Å². The topological polar surface area (TPSA) is 75.2 Å². The van der Waals surface area contributed by atoms with E-state index in [2.05, 4.69) is 207 Å². The predicted molar refractivity (Wildman–Crippen MR) is 422 cm³/mol. The minimum absolute atomic E-state index is 0.0366. The van der Waals surface area contributed by atoms with E-state index >= 15 is 9.59 Å². The lowest BCUT2D eigenvalue weighted by Crippen LogP contribution is -2.56. The fourth-order valence-electron chi connectivity index (χ4n) is 14.7. The summed E-state index contributed by atoms with van der Waals surface area (Å²) >= 11 is 6.87. The van der Waals surface area contributed by atoms with Crippen molar-refractivity contribution in [2.45, 2.75) is 198 Å². The van der Waals surface area contributed by atoms with Gasteiger partial charge in [0.25, 0.3) is 11.8 Å². The van der Waals surface area contributed by atoms with Gasteiger partial charge in [-0.05, 0) is 169 Å². The van der Waals surface area contributed by atoms with Crippen LogP contribution in [0.3, 0.4) is 0 Å². The number of hydrogen-bond donors (Lipinski definition) is 0. The highest BCUT2D eigenvalue weighted by molar-refractivity contribution is 7.28. The normalized spacial score (nSPS) is 13.1. The number of ether oxygens (including phenoxy) is 2. The summed E-state index contributed by atoms with van der Waals surface area (Å²) in [5.41, 5.74) is 18.4. The van der Waals surface area contributed by atoms with Crippen LogP contribution >= 0.6 is 45.3 Å². The van der Waals surface area contributed by atoms with Crippen LogP contribution in [-0.4, -0.2) is 59.6 Å². The van der Waals surface area contributed by atoms with Gasteiger partial charge in [-0.25, -0.2) is 4.98 Å². The second-order valence-corrected chi connectivity index (χ2v) is 31.3. The third-order valence-electron chi connectivity index (χ3n) is 19.5. The summed E-state index contributed by atoms with van der Waals surface area (Å²) in [6.07, 6.45) is 24.4. The summed E-state index contributed by atoms with van der Waals surface area (Å²) < 4.78 is 12.4. The summed E-state index contributed by atoms with van der Waals surface area (Å²) in [6.45, 7) is 24.9. The Kier molecular flexibility index (Phi) is 25.5. The first kappa shape index (κ1) is 72.0. The zero-order chi connectivity index (χ0) is 68.7. The van der Waals surface area contributed by atoms with Gasteiger partial charge in [-0.3, -0.25) is 9.59 Å². The Morgan fingerprint density at radius 1 is 0.429 bits per heavy atom. The van der Waals surface area contributed by atoms with Gasteiger partial charge < -0.3 is 24.2 Å². The first-order valence-corrected chi connectivity index (χ1v) is 40.0. The number of thiazole rings is 1. The number of nitrogens with zero attached hydrogens (tertiary/aromatic N) is 4. The Labute approximate surface area is 602 Å². The zero-order valence-electron chi connectivity index (χ0n) is 59.9. The molecule has 8 nitrogen and oxygen atoms in total. The van der Waals surface area contributed by atoms with Crippen LogP contribution in [0.2, 0.25) is 0 Å². The second kappa shape index (κ2) is 34.7. The van der Waals surface area contributed by atoms with Crippen molar-refractivity contribution in [3.63, 3.8) is 0 Å². The van der Waals surface area contributed by atoms with Gasteiger partial charge in [0.1, 0.15) is 16.5 Å². The Morgan fingerprint density at radius 3 is 1.27 bits per heavy atom. The van der Waals surface area contributed by atoms with Crippen LogP contribution in [0.1, 0.15) is 199 Å². The third kappa shape index (κ3) is 16.8. The van der Waals surface area contributed by atoms with Gasteiger partial charge in [-0.15, -0.1) is 45.3 Å². The van der Waals surface area contributed by atoms with Crippen LogP contribution < -0.4 is 30.8 Å². The molecule has 512 valence electrons. The molecule has 0 saturated heterocycles. The number of amides is 2. The van der Waals surface area contributed by atoms with E-state index < -0.39 is 0 Å². The molecule has 2 aliphatic heterocycles. The van der Waals surface area contributed by atoms with E-state index in [9.17, 15) is 0 Å². The lowest BCUT2D eigenvalue weighted by molar-refractivity contribution is -0.124. The van der Waals surface area contributed by atoms with Crippen LogP contribution in [-0.2, 0) is 9.59 Å². The lowest BCUT2D eigenvalue weighted by atomic mass is 9.34. The molecular formula is C85H101BN4O4S4. The van der Waals surface area contributed by atoms with Crippen LogP contribution in [0.5, 0.6) is 11.5 Å². The number of fused-ring (bicyclic) bond motifs is 1. The van der Waals surface area contributed by atoms with Crippen LogP contribution in [0.4, 0.5) is 17.1 Å². The molecule has 0 atom stereocenters. The molecule has 0 saturated carbocycles. The largest absolute Gasteiger partial charge is 0.494 e. The number of hydrogen-bond acceptors (Lipinski definition) is 10. The monoisotopic (exact) mass is 1380 g/mol. The third-order valence-corrected chi connectivity index (χ3v) is 24.0. The summed E-state index contributed by atoms with van der Waals surface area (Å²) in [6, 6.07) is 46.3. The van der Waals surface area contributed by atoms with Crippen LogP contribution in [0.15, 0.2) is 150 Å². The molecule has 5 aromatic carbocycles. The number of carbonyl (C=O) groups is 2. The van der Waals surface area contributed by atoms with E-state index in [1.54, 1.807) is 34.0 Å². The molecule has 6 heterocycles. The molecule has 4 aromatic heterocycles. The smallest absolute Gasteiger partial charge is 0.261 e. The van der Waals surface area contributed by atoms with E-state index in [1.807, 2.05) is 27.3 Å². The highest BCUT2D eigenvalue weighted by atomic mass is 32.1. The highest BCUT2D eigenvalue weighted by Gasteiger charge is 2.49. The number of aryl methyl sites for hydroxylation is 6. The zero-order valence-corrected chi connectivity index (χ0v) is 63.1. The molecule has 0 spiro atoms. The molecule has 0 unspecified atom stereocenters. The first-order valence-electron chi connectivity index (χ1n) is 36.7. The number of thiophene rings is 3. The van der Waals surface area contributed by atoms with Crippen molar-refractivity contribution in [3.8, 4) is 41.6 Å². The van der Waals surface area contributed by atoms with Crippen LogP contribution in [0.25, 0.3) is 41.5 Å². The van der Waals surface area contributed by atoms with E-state index in [-0.39, 0.29) is 18.5 Å². The Balaban J connectivity index is 0.971. The molecule has 2 aliphatic rings. The van der Waals surface area contributed by atoms with Crippen molar-refractivity contribution in [3.05, 3.63) is 193 Å².